The van der Waals surface area contributed by atoms with Gasteiger partial charge in [0.1, 0.15) is 0 Å². The molecule has 0 heterocycles. The molecule has 1 atom stereocenters. The van der Waals surface area contributed by atoms with Gasteiger partial charge in [-0.25, -0.2) is 0 Å². The van der Waals surface area contributed by atoms with E-state index >= 15 is 0 Å². The Labute approximate surface area is 130 Å². The number of aliphatic hydroxyl groups is 1. The van der Waals surface area contributed by atoms with Crippen LogP contribution < -0.4 is 5.32 Å². The molecule has 0 radical (unpaired) electrons. The molecule has 0 amide bonds. The predicted octanol–water partition coefficient (Wildman–Crippen LogP) is 4.90. The predicted molar refractivity (Wildman–Crippen MR) is 84.1 cm³/mol. The molecular weight excluding hydrogens is 349 g/mol. The third-order valence-electron chi connectivity index (χ3n) is 2.73. The highest BCUT2D eigenvalue weighted by atomic mass is 79.9. The van der Waals surface area contributed by atoms with Crippen LogP contribution in [-0.4, -0.2) is 11.7 Å². The quantitative estimate of drug-likeness (QED) is 0.812. The van der Waals surface area contributed by atoms with Gasteiger partial charge in [-0.3, -0.25) is 0 Å². The average Bonchev–Trinajstić information content (AvgIpc) is 2.39. The SMILES string of the molecule is OCC(Nc1ccccc1Br)c1c(Cl)cccc1Cl. The summed E-state index contributed by atoms with van der Waals surface area (Å²) in [5, 5.41) is 13.9. The van der Waals surface area contributed by atoms with Crippen molar-refractivity contribution in [2.24, 2.45) is 0 Å². The molecule has 0 aliphatic carbocycles. The van der Waals surface area contributed by atoms with Crippen molar-refractivity contribution in [2.45, 2.75) is 6.04 Å². The summed E-state index contributed by atoms with van der Waals surface area (Å²) in [5.41, 5.74) is 1.57. The summed E-state index contributed by atoms with van der Waals surface area (Å²) in [6, 6.07) is 12.6. The number of anilines is 1. The zero-order valence-corrected chi connectivity index (χ0v) is 13.0. The van der Waals surface area contributed by atoms with Crippen molar-refractivity contribution < 1.29 is 5.11 Å². The Balaban J connectivity index is 2.34. The van der Waals surface area contributed by atoms with Crippen molar-refractivity contribution in [1.29, 1.82) is 0 Å². The molecule has 100 valence electrons. The van der Waals surface area contributed by atoms with E-state index < -0.39 is 0 Å². The van der Waals surface area contributed by atoms with Crippen molar-refractivity contribution in [1.82, 2.24) is 0 Å². The largest absolute Gasteiger partial charge is 0.394 e. The molecule has 19 heavy (non-hydrogen) atoms. The van der Waals surface area contributed by atoms with E-state index in [1.165, 1.54) is 0 Å². The molecule has 2 rings (SSSR count). The number of para-hydroxylation sites is 1. The zero-order chi connectivity index (χ0) is 13.8. The van der Waals surface area contributed by atoms with E-state index in [1.807, 2.05) is 24.3 Å². The van der Waals surface area contributed by atoms with E-state index in [0.29, 0.717) is 15.6 Å². The number of nitrogens with one attached hydrogen (secondary N) is 1. The van der Waals surface area contributed by atoms with E-state index in [-0.39, 0.29) is 12.6 Å². The summed E-state index contributed by atoms with van der Waals surface area (Å²) in [6.45, 7) is -0.106. The molecule has 1 unspecified atom stereocenters. The molecule has 0 fully saturated rings. The maximum absolute atomic E-state index is 9.59. The van der Waals surface area contributed by atoms with Crippen LogP contribution in [0.1, 0.15) is 11.6 Å². The van der Waals surface area contributed by atoms with Gasteiger partial charge in [-0.05, 0) is 40.2 Å². The first kappa shape index (κ1) is 14.7. The molecule has 0 aromatic heterocycles. The normalized spacial score (nSPS) is 12.2. The van der Waals surface area contributed by atoms with E-state index in [4.69, 9.17) is 23.2 Å². The molecule has 0 saturated heterocycles. The van der Waals surface area contributed by atoms with Crippen LogP contribution in [0.25, 0.3) is 0 Å². The van der Waals surface area contributed by atoms with E-state index in [9.17, 15) is 5.11 Å². The smallest absolute Gasteiger partial charge is 0.0774 e. The Kier molecular flexibility index (Phi) is 5.11. The average molecular weight is 361 g/mol. The summed E-state index contributed by atoms with van der Waals surface area (Å²) in [4.78, 5) is 0. The first-order chi connectivity index (χ1) is 9.13. The lowest BCUT2D eigenvalue weighted by molar-refractivity contribution is 0.276. The van der Waals surface area contributed by atoms with Gasteiger partial charge in [0.25, 0.3) is 0 Å². The van der Waals surface area contributed by atoms with Crippen LogP contribution in [0.3, 0.4) is 0 Å². The molecule has 0 aliphatic heterocycles. The molecule has 2 aromatic carbocycles. The van der Waals surface area contributed by atoms with Crippen molar-refractivity contribution in [3.63, 3.8) is 0 Å². The van der Waals surface area contributed by atoms with Gasteiger partial charge in [0.2, 0.25) is 0 Å². The third kappa shape index (κ3) is 3.42. The van der Waals surface area contributed by atoms with E-state index in [2.05, 4.69) is 21.2 Å². The fraction of sp³-hybridized carbons (Fsp3) is 0.143. The second kappa shape index (κ2) is 6.62. The van der Waals surface area contributed by atoms with Gasteiger partial charge in [-0.2, -0.15) is 0 Å². The summed E-state index contributed by atoms with van der Waals surface area (Å²) in [7, 11) is 0. The van der Waals surface area contributed by atoms with Crippen molar-refractivity contribution in [2.75, 3.05) is 11.9 Å². The summed E-state index contributed by atoms with van der Waals surface area (Å²) >= 11 is 15.8. The third-order valence-corrected chi connectivity index (χ3v) is 4.09. The van der Waals surface area contributed by atoms with Crippen LogP contribution in [0.4, 0.5) is 5.69 Å². The topological polar surface area (TPSA) is 32.3 Å². The van der Waals surface area contributed by atoms with Gasteiger partial charge in [0.05, 0.1) is 12.6 Å². The van der Waals surface area contributed by atoms with Crippen LogP contribution in [0.2, 0.25) is 10.0 Å². The minimum atomic E-state index is -0.361. The summed E-state index contributed by atoms with van der Waals surface area (Å²) in [6.07, 6.45) is 0. The van der Waals surface area contributed by atoms with Crippen LogP contribution >= 0.6 is 39.1 Å². The minimum absolute atomic E-state index is 0.106. The fourth-order valence-corrected chi connectivity index (χ4v) is 2.88. The molecule has 2 nitrogen and oxygen atoms in total. The molecule has 2 N–H and O–H groups in total. The van der Waals surface area contributed by atoms with Crippen molar-refractivity contribution >= 4 is 44.8 Å². The maximum Gasteiger partial charge on any atom is 0.0774 e. The summed E-state index contributed by atoms with van der Waals surface area (Å²) < 4.78 is 0.914. The van der Waals surface area contributed by atoms with Crippen LogP contribution in [-0.2, 0) is 0 Å². The van der Waals surface area contributed by atoms with Gasteiger partial charge < -0.3 is 10.4 Å². The molecular formula is C14H12BrCl2NO. The molecule has 0 bridgehead atoms. The Morgan fingerprint density at radius 1 is 1.05 bits per heavy atom. The number of benzene rings is 2. The zero-order valence-electron chi connectivity index (χ0n) is 9.91. The summed E-state index contributed by atoms with van der Waals surface area (Å²) in [5.74, 6) is 0. The van der Waals surface area contributed by atoms with Gasteiger partial charge in [0, 0.05) is 25.8 Å². The van der Waals surface area contributed by atoms with Gasteiger partial charge in [-0.1, -0.05) is 41.4 Å². The lowest BCUT2D eigenvalue weighted by Crippen LogP contribution is -2.16. The minimum Gasteiger partial charge on any atom is -0.394 e. The number of hydrogen-bond acceptors (Lipinski definition) is 2. The number of hydrogen-bond donors (Lipinski definition) is 2. The Morgan fingerprint density at radius 2 is 1.68 bits per heavy atom. The van der Waals surface area contributed by atoms with Crippen LogP contribution in [0.15, 0.2) is 46.9 Å². The maximum atomic E-state index is 9.59. The first-order valence-electron chi connectivity index (χ1n) is 5.69. The van der Waals surface area contributed by atoms with Gasteiger partial charge in [0.15, 0.2) is 0 Å². The number of rotatable bonds is 4. The highest BCUT2D eigenvalue weighted by Gasteiger charge is 2.17. The molecule has 5 heteroatoms. The first-order valence-corrected chi connectivity index (χ1v) is 7.24. The van der Waals surface area contributed by atoms with Crippen LogP contribution in [0, 0.1) is 0 Å². The Hall–Kier alpha value is -0.740. The molecule has 0 spiro atoms. The Bertz CT molecular complexity index is 557. The van der Waals surface area contributed by atoms with Crippen LogP contribution in [0.5, 0.6) is 0 Å². The van der Waals surface area contributed by atoms with Crippen molar-refractivity contribution in [3.8, 4) is 0 Å². The second-order valence-electron chi connectivity index (χ2n) is 3.99. The number of halogens is 3. The molecule has 0 aliphatic rings. The molecule has 2 aromatic rings. The molecule has 0 saturated carbocycles. The van der Waals surface area contributed by atoms with E-state index in [0.717, 1.165) is 10.2 Å². The lowest BCUT2D eigenvalue weighted by atomic mass is 10.1. The lowest BCUT2D eigenvalue weighted by Gasteiger charge is -2.21. The van der Waals surface area contributed by atoms with Gasteiger partial charge in [-0.15, -0.1) is 0 Å². The second-order valence-corrected chi connectivity index (χ2v) is 5.66. The number of aliphatic hydroxyl groups excluding tert-OH is 1. The highest BCUT2D eigenvalue weighted by molar-refractivity contribution is 9.10. The van der Waals surface area contributed by atoms with Crippen molar-refractivity contribution in [3.05, 3.63) is 62.5 Å². The highest BCUT2D eigenvalue weighted by Crippen LogP contribution is 2.33. The standard InChI is InChI=1S/C14H12BrCl2NO/c15-9-4-1-2-7-12(9)18-13(8-19)14-10(16)5-3-6-11(14)17/h1-7,13,18-19H,8H2. The Morgan fingerprint density at radius 3 is 2.26 bits per heavy atom. The van der Waals surface area contributed by atoms with Gasteiger partial charge >= 0.3 is 0 Å². The van der Waals surface area contributed by atoms with E-state index in [1.54, 1.807) is 18.2 Å². The monoisotopic (exact) mass is 359 g/mol. The fourth-order valence-electron chi connectivity index (χ4n) is 1.82.